The van der Waals surface area contributed by atoms with Crippen molar-refractivity contribution in [3.63, 3.8) is 0 Å². The molecule has 0 aromatic heterocycles. The van der Waals surface area contributed by atoms with Crippen molar-refractivity contribution >= 4 is 23.0 Å². The van der Waals surface area contributed by atoms with Crippen LogP contribution in [0.5, 0.6) is 0 Å². The summed E-state index contributed by atoms with van der Waals surface area (Å²) < 4.78 is 4.94. The van der Waals surface area contributed by atoms with Gasteiger partial charge < -0.3 is 10.1 Å². The highest BCUT2D eigenvalue weighted by Gasteiger charge is 2.17. The Labute approximate surface area is 147 Å². The molecule has 0 atom stereocenters. The second kappa shape index (κ2) is 7.34. The lowest BCUT2D eigenvalue weighted by Gasteiger charge is -2.20. The smallest absolute Gasteiger partial charge is 0.338 e. The molecule has 0 spiro atoms. The maximum absolute atomic E-state index is 11.9. The highest BCUT2D eigenvalue weighted by molar-refractivity contribution is 5.92. The van der Waals surface area contributed by atoms with Gasteiger partial charge >= 0.3 is 5.97 Å². The molecule has 6 heteroatoms. The van der Waals surface area contributed by atoms with Gasteiger partial charge in [0.1, 0.15) is 0 Å². The molecule has 0 bridgehead atoms. The third-order valence-corrected chi connectivity index (χ3v) is 3.66. The molecule has 0 aliphatic carbocycles. The molecule has 0 unspecified atom stereocenters. The SMILES string of the molecule is CCOC(=O)c1cc(Nc2cccc(C(C)(C)C)c2)cc([N+](=O)[O-])c1. The number of hydrogen-bond donors (Lipinski definition) is 1. The van der Waals surface area contributed by atoms with Gasteiger partial charge in [-0.25, -0.2) is 4.79 Å². The monoisotopic (exact) mass is 342 g/mol. The molecule has 0 amide bonds. The van der Waals surface area contributed by atoms with Crippen LogP contribution in [0, 0.1) is 10.1 Å². The van der Waals surface area contributed by atoms with Gasteiger partial charge in [-0.2, -0.15) is 0 Å². The maximum atomic E-state index is 11.9. The van der Waals surface area contributed by atoms with Gasteiger partial charge in [0.15, 0.2) is 0 Å². The van der Waals surface area contributed by atoms with E-state index in [9.17, 15) is 14.9 Å². The van der Waals surface area contributed by atoms with Gasteiger partial charge in [0.05, 0.1) is 17.1 Å². The van der Waals surface area contributed by atoms with Gasteiger partial charge in [-0.15, -0.1) is 0 Å². The predicted octanol–water partition coefficient (Wildman–Crippen LogP) is 4.81. The number of benzene rings is 2. The van der Waals surface area contributed by atoms with E-state index in [2.05, 4.69) is 26.1 Å². The number of rotatable bonds is 5. The van der Waals surface area contributed by atoms with E-state index < -0.39 is 10.9 Å². The number of nitro benzene ring substituents is 1. The van der Waals surface area contributed by atoms with Gasteiger partial charge in [0, 0.05) is 23.5 Å². The Morgan fingerprint density at radius 2 is 1.88 bits per heavy atom. The van der Waals surface area contributed by atoms with Crippen molar-refractivity contribution in [3.8, 4) is 0 Å². The van der Waals surface area contributed by atoms with Crippen molar-refractivity contribution in [2.24, 2.45) is 0 Å². The van der Waals surface area contributed by atoms with Gasteiger partial charge in [0.2, 0.25) is 0 Å². The molecule has 0 aliphatic heterocycles. The number of carbonyl (C=O) groups is 1. The van der Waals surface area contributed by atoms with Crippen LogP contribution >= 0.6 is 0 Å². The summed E-state index contributed by atoms with van der Waals surface area (Å²) in [6.45, 7) is 8.22. The molecule has 132 valence electrons. The minimum absolute atomic E-state index is 0.0174. The molecule has 1 N–H and O–H groups in total. The fourth-order valence-corrected chi connectivity index (χ4v) is 2.35. The third-order valence-electron chi connectivity index (χ3n) is 3.66. The molecule has 0 radical (unpaired) electrons. The normalized spacial score (nSPS) is 11.0. The van der Waals surface area contributed by atoms with Crippen LogP contribution in [-0.2, 0) is 10.2 Å². The van der Waals surface area contributed by atoms with Crippen LogP contribution in [0.4, 0.5) is 17.1 Å². The minimum Gasteiger partial charge on any atom is -0.462 e. The predicted molar refractivity (Wildman–Crippen MR) is 97.5 cm³/mol. The molecule has 0 saturated carbocycles. The lowest BCUT2D eigenvalue weighted by atomic mass is 9.87. The van der Waals surface area contributed by atoms with E-state index in [1.54, 1.807) is 13.0 Å². The quantitative estimate of drug-likeness (QED) is 0.479. The number of non-ortho nitro benzene ring substituents is 1. The number of hydrogen-bond acceptors (Lipinski definition) is 5. The molecule has 2 aromatic carbocycles. The number of anilines is 2. The first kappa shape index (κ1) is 18.4. The first-order valence-corrected chi connectivity index (χ1v) is 8.05. The van der Waals surface area contributed by atoms with Crippen molar-refractivity contribution in [1.82, 2.24) is 0 Å². The van der Waals surface area contributed by atoms with Crippen LogP contribution in [-0.4, -0.2) is 17.5 Å². The Morgan fingerprint density at radius 1 is 1.16 bits per heavy atom. The topological polar surface area (TPSA) is 81.5 Å². The van der Waals surface area contributed by atoms with Crippen molar-refractivity contribution in [2.75, 3.05) is 11.9 Å². The van der Waals surface area contributed by atoms with Crippen LogP contribution in [0.15, 0.2) is 42.5 Å². The van der Waals surface area contributed by atoms with Crippen LogP contribution in [0.2, 0.25) is 0 Å². The first-order chi connectivity index (χ1) is 11.7. The van der Waals surface area contributed by atoms with E-state index in [0.717, 1.165) is 11.3 Å². The average Bonchev–Trinajstić information content (AvgIpc) is 2.54. The highest BCUT2D eigenvalue weighted by atomic mass is 16.6. The van der Waals surface area contributed by atoms with E-state index in [1.807, 2.05) is 24.3 Å². The summed E-state index contributed by atoms with van der Waals surface area (Å²) in [5.74, 6) is -0.585. The number of carbonyl (C=O) groups excluding carboxylic acids is 1. The van der Waals surface area contributed by atoms with E-state index in [-0.39, 0.29) is 23.3 Å². The molecular formula is C19H22N2O4. The van der Waals surface area contributed by atoms with E-state index in [0.29, 0.717) is 5.69 Å². The van der Waals surface area contributed by atoms with Crippen molar-refractivity contribution in [3.05, 3.63) is 63.7 Å². The van der Waals surface area contributed by atoms with Gasteiger partial charge in [0.25, 0.3) is 5.69 Å². The Kier molecular flexibility index (Phi) is 5.41. The summed E-state index contributed by atoms with van der Waals surface area (Å²) in [6.07, 6.45) is 0. The number of nitro groups is 1. The summed E-state index contributed by atoms with van der Waals surface area (Å²) in [6, 6.07) is 12.0. The standard InChI is InChI=1S/C19H22N2O4/c1-5-25-18(22)13-9-16(12-17(10-13)21(23)24)20-15-8-6-7-14(11-15)19(2,3)4/h6-12,20H,5H2,1-4H3. The Bertz CT molecular complexity index is 794. The van der Waals surface area contributed by atoms with Crippen LogP contribution in [0.25, 0.3) is 0 Å². The summed E-state index contributed by atoms with van der Waals surface area (Å²) in [5.41, 5.74) is 2.35. The summed E-state index contributed by atoms with van der Waals surface area (Å²) >= 11 is 0. The molecule has 0 heterocycles. The van der Waals surface area contributed by atoms with Crippen LogP contribution in [0.1, 0.15) is 43.6 Å². The zero-order valence-electron chi connectivity index (χ0n) is 14.8. The Morgan fingerprint density at radius 3 is 2.48 bits per heavy atom. The Balaban J connectivity index is 2.39. The number of esters is 1. The van der Waals surface area contributed by atoms with Gasteiger partial charge in [-0.1, -0.05) is 32.9 Å². The molecular weight excluding hydrogens is 320 g/mol. The van der Waals surface area contributed by atoms with E-state index in [4.69, 9.17) is 4.74 Å². The summed E-state index contributed by atoms with van der Waals surface area (Å²) in [7, 11) is 0. The molecule has 0 fully saturated rings. The zero-order valence-corrected chi connectivity index (χ0v) is 14.8. The number of nitrogens with one attached hydrogen (secondary N) is 1. The molecule has 2 aromatic rings. The fourth-order valence-electron chi connectivity index (χ4n) is 2.35. The largest absolute Gasteiger partial charge is 0.462 e. The first-order valence-electron chi connectivity index (χ1n) is 8.05. The third kappa shape index (κ3) is 4.79. The lowest BCUT2D eigenvalue weighted by Crippen LogP contribution is -2.11. The molecule has 0 saturated heterocycles. The zero-order chi connectivity index (χ0) is 18.6. The lowest BCUT2D eigenvalue weighted by molar-refractivity contribution is -0.384. The van der Waals surface area contributed by atoms with Crippen LogP contribution < -0.4 is 5.32 Å². The highest BCUT2D eigenvalue weighted by Crippen LogP contribution is 2.28. The molecule has 2 rings (SSSR count). The van der Waals surface area contributed by atoms with Gasteiger partial charge in [-0.3, -0.25) is 10.1 Å². The molecule has 0 aliphatic rings. The average molecular weight is 342 g/mol. The van der Waals surface area contributed by atoms with E-state index >= 15 is 0 Å². The molecule has 25 heavy (non-hydrogen) atoms. The summed E-state index contributed by atoms with van der Waals surface area (Å²) in [4.78, 5) is 22.6. The van der Waals surface area contributed by atoms with Crippen LogP contribution in [0.3, 0.4) is 0 Å². The molecule has 6 nitrogen and oxygen atoms in total. The maximum Gasteiger partial charge on any atom is 0.338 e. The Hall–Kier alpha value is -2.89. The van der Waals surface area contributed by atoms with Crippen molar-refractivity contribution in [1.29, 1.82) is 0 Å². The number of ether oxygens (including phenoxy) is 1. The van der Waals surface area contributed by atoms with E-state index in [1.165, 1.54) is 12.1 Å². The summed E-state index contributed by atoms with van der Waals surface area (Å²) in [5, 5.41) is 14.3. The van der Waals surface area contributed by atoms with Crippen molar-refractivity contribution < 1.29 is 14.5 Å². The number of nitrogens with zero attached hydrogens (tertiary/aromatic N) is 1. The second-order valence-corrected chi connectivity index (χ2v) is 6.70. The minimum atomic E-state index is -0.585. The second-order valence-electron chi connectivity index (χ2n) is 6.70. The fraction of sp³-hybridized carbons (Fsp3) is 0.316. The van der Waals surface area contributed by atoms with Gasteiger partial charge in [-0.05, 0) is 36.1 Å². The van der Waals surface area contributed by atoms with Crippen molar-refractivity contribution in [2.45, 2.75) is 33.1 Å².